The zero-order valence-electron chi connectivity index (χ0n) is 11.9. The number of halogens is 1. The Morgan fingerprint density at radius 3 is 3.05 bits per heavy atom. The third kappa shape index (κ3) is 3.34. The topological polar surface area (TPSA) is 54.0 Å². The van der Waals surface area contributed by atoms with Crippen LogP contribution in [0.1, 0.15) is 18.4 Å². The minimum absolute atomic E-state index is 0.0773. The number of aromatic nitrogens is 1. The van der Waals surface area contributed by atoms with Gasteiger partial charge in [0.15, 0.2) is 0 Å². The second-order valence-electron chi connectivity index (χ2n) is 5.57. The Hall–Kier alpha value is -1.65. The lowest BCUT2D eigenvalue weighted by atomic mass is 10.1. The number of pyridine rings is 1. The van der Waals surface area contributed by atoms with Gasteiger partial charge >= 0.3 is 0 Å². The molecule has 2 N–H and O–H groups in total. The van der Waals surface area contributed by atoms with Gasteiger partial charge in [-0.3, -0.25) is 9.78 Å². The molecule has 1 fully saturated rings. The van der Waals surface area contributed by atoms with Gasteiger partial charge < -0.3 is 10.6 Å². The first kappa shape index (κ1) is 14.3. The molecule has 0 unspecified atom stereocenters. The Morgan fingerprint density at radius 1 is 1.48 bits per heavy atom. The van der Waals surface area contributed by atoms with Crippen molar-refractivity contribution >= 4 is 34.1 Å². The third-order valence-corrected chi connectivity index (χ3v) is 4.01. The molecule has 1 aliphatic rings. The van der Waals surface area contributed by atoms with Crippen LogP contribution in [-0.2, 0) is 4.79 Å². The molecule has 3 rings (SSSR count). The zero-order chi connectivity index (χ0) is 14.8. The van der Waals surface area contributed by atoms with Crippen molar-refractivity contribution in [3.8, 4) is 0 Å². The van der Waals surface area contributed by atoms with E-state index < -0.39 is 0 Å². The average molecular weight is 304 g/mol. The predicted octanol–water partition coefficient (Wildman–Crippen LogP) is 3.13. The summed E-state index contributed by atoms with van der Waals surface area (Å²) in [5.41, 5.74) is 2.51. The fourth-order valence-corrected chi connectivity index (χ4v) is 2.72. The number of amides is 1. The van der Waals surface area contributed by atoms with Gasteiger partial charge in [-0.1, -0.05) is 11.6 Å². The number of hydrogen-bond donors (Lipinski definition) is 2. The summed E-state index contributed by atoms with van der Waals surface area (Å²) in [7, 11) is 0. The molecule has 21 heavy (non-hydrogen) atoms. The highest BCUT2D eigenvalue weighted by atomic mass is 35.5. The summed E-state index contributed by atoms with van der Waals surface area (Å²) in [6, 6.07) is 5.61. The maximum absolute atomic E-state index is 12.0. The Balaban J connectivity index is 1.77. The molecule has 1 amide bonds. The lowest BCUT2D eigenvalue weighted by molar-refractivity contribution is -0.115. The summed E-state index contributed by atoms with van der Waals surface area (Å²) in [6.07, 6.45) is 4.29. The van der Waals surface area contributed by atoms with E-state index in [4.69, 9.17) is 11.6 Å². The van der Waals surface area contributed by atoms with Crippen LogP contribution in [0.3, 0.4) is 0 Å². The highest BCUT2D eigenvalue weighted by Gasteiger charge is 2.20. The maximum Gasteiger partial charge on any atom is 0.238 e. The highest BCUT2D eigenvalue weighted by Crippen LogP contribution is 2.32. The number of hydrogen-bond acceptors (Lipinski definition) is 3. The summed E-state index contributed by atoms with van der Waals surface area (Å²) >= 11 is 6.28. The summed E-state index contributed by atoms with van der Waals surface area (Å²) in [5, 5.41) is 7.49. The van der Waals surface area contributed by atoms with Crippen LogP contribution in [0.4, 0.5) is 5.69 Å². The van der Waals surface area contributed by atoms with Crippen molar-refractivity contribution in [3.05, 3.63) is 35.0 Å². The molecule has 0 bridgehead atoms. The monoisotopic (exact) mass is 303 g/mol. The van der Waals surface area contributed by atoms with E-state index in [1.54, 1.807) is 6.20 Å². The van der Waals surface area contributed by atoms with Gasteiger partial charge in [-0.25, -0.2) is 0 Å². The smallest absolute Gasteiger partial charge is 0.238 e. The first-order valence-electron chi connectivity index (χ1n) is 7.19. The Bertz CT molecular complexity index is 683. The van der Waals surface area contributed by atoms with Gasteiger partial charge in [0.05, 0.1) is 22.8 Å². The molecular weight excluding hydrogens is 286 g/mol. The van der Waals surface area contributed by atoms with Gasteiger partial charge in [0.1, 0.15) is 0 Å². The van der Waals surface area contributed by atoms with Crippen LogP contribution in [-0.4, -0.2) is 24.0 Å². The number of carbonyl (C=O) groups is 1. The molecule has 0 spiro atoms. The van der Waals surface area contributed by atoms with E-state index in [9.17, 15) is 4.79 Å². The van der Waals surface area contributed by atoms with Gasteiger partial charge in [-0.2, -0.15) is 0 Å². The largest absolute Gasteiger partial charge is 0.323 e. The molecule has 110 valence electrons. The average Bonchev–Trinajstić information content (AvgIpc) is 3.28. The minimum Gasteiger partial charge on any atom is -0.323 e. The lowest BCUT2D eigenvalue weighted by Crippen LogP contribution is -2.29. The van der Waals surface area contributed by atoms with E-state index in [0.717, 1.165) is 28.9 Å². The summed E-state index contributed by atoms with van der Waals surface area (Å²) in [6.45, 7) is 3.18. The molecule has 0 atom stereocenters. The summed E-state index contributed by atoms with van der Waals surface area (Å²) in [5.74, 6) is 0.678. The van der Waals surface area contributed by atoms with E-state index >= 15 is 0 Å². The van der Waals surface area contributed by atoms with Gasteiger partial charge in [-0.05, 0) is 56.0 Å². The highest BCUT2D eigenvalue weighted by molar-refractivity contribution is 6.35. The van der Waals surface area contributed by atoms with E-state index in [2.05, 4.69) is 15.6 Å². The number of benzene rings is 1. The second kappa shape index (κ2) is 6.00. The predicted molar refractivity (Wildman–Crippen MR) is 85.7 cm³/mol. The summed E-state index contributed by atoms with van der Waals surface area (Å²) in [4.78, 5) is 16.4. The normalized spacial score (nSPS) is 14.4. The van der Waals surface area contributed by atoms with Crippen LogP contribution >= 0.6 is 11.6 Å². The number of nitrogens with one attached hydrogen (secondary N) is 2. The van der Waals surface area contributed by atoms with E-state index in [1.807, 2.05) is 25.1 Å². The second-order valence-corrected chi connectivity index (χ2v) is 5.98. The van der Waals surface area contributed by atoms with Crippen molar-refractivity contribution in [2.75, 3.05) is 18.4 Å². The molecule has 0 radical (unpaired) electrons. The number of nitrogens with zero attached hydrogens (tertiary/aromatic N) is 1. The summed E-state index contributed by atoms with van der Waals surface area (Å²) < 4.78 is 0. The van der Waals surface area contributed by atoms with Gasteiger partial charge in [0.2, 0.25) is 5.91 Å². The standard InChI is InChI=1S/C16H18ClN3O/c1-10-7-13(17)16(12-3-2-6-19-15(10)12)20-14(21)9-18-8-11-4-5-11/h2-3,6-7,11,18H,4-5,8-9H2,1H3,(H,20,21). The van der Waals surface area contributed by atoms with Crippen molar-refractivity contribution < 1.29 is 4.79 Å². The number of rotatable bonds is 5. The Kier molecular flexibility index (Phi) is 4.08. The van der Waals surface area contributed by atoms with E-state index in [-0.39, 0.29) is 5.91 Å². The molecule has 2 aromatic rings. The molecule has 5 heteroatoms. The molecule has 0 aliphatic heterocycles. The van der Waals surface area contributed by atoms with Crippen molar-refractivity contribution in [1.82, 2.24) is 10.3 Å². The van der Waals surface area contributed by atoms with E-state index in [0.29, 0.717) is 17.3 Å². The van der Waals surface area contributed by atoms with Gasteiger partial charge in [-0.15, -0.1) is 0 Å². The van der Waals surface area contributed by atoms with Crippen LogP contribution in [0.5, 0.6) is 0 Å². The van der Waals surface area contributed by atoms with Gasteiger partial charge in [0.25, 0.3) is 0 Å². The van der Waals surface area contributed by atoms with Gasteiger partial charge in [0, 0.05) is 11.6 Å². The molecule has 1 aromatic heterocycles. The zero-order valence-corrected chi connectivity index (χ0v) is 12.7. The van der Waals surface area contributed by atoms with Crippen LogP contribution < -0.4 is 10.6 Å². The number of aryl methyl sites for hydroxylation is 1. The first-order valence-corrected chi connectivity index (χ1v) is 7.57. The van der Waals surface area contributed by atoms with Crippen molar-refractivity contribution in [2.45, 2.75) is 19.8 Å². The molecule has 1 heterocycles. The minimum atomic E-state index is -0.0773. The Labute approximate surface area is 128 Å². The Morgan fingerprint density at radius 2 is 2.29 bits per heavy atom. The van der Waals surface area contributed by atoms with Crippen LogP contribution in [0.25, 0.3) is 10.9 Å². The molecular formula is C16H18ClN3O. The quantitative estimate of drug-likeness (QED) is 0.892. The molecule has 1 aliphatic carbocycles. The molecule has 0 saturated heterocycles. The third-order valence-electron chi connectivity index (χ3n) is 3.71. The van der Waals surface area contributed by atoms with Crippen molar-refractivity contribution in [3.63, 3.8) is 0 Å². The molecule has 4 nitrogen and oxygen atoms in total. The number of carbonyl (C=O) groups excluding carboxylic acids is 1. The van der Waals surface area contributed by atoms with E-state index in [1.165, 1.54) is 12.8 Å². The van der Waals surface area contributed by atoms with Crippen LogP contribution in [0.2, 0.25) is 5.02 Å². The van der Waals surface area contributed by atoms with Crippen LogP contribution in [0, 0.1) is 12.8 Å². The van der Waals surface area contributed by atoms with Crippen molar-refractivity contribution in [1.29, 1.82) is 0 Å². The SMILES string of the molecule is Cc1cc(Cl)c(NC(=O)CNCC2CC2)c2cccnc12. The first-order chi connectivity index (χ1) is 10.1. The maximum atomic E-state index is 12.0. The fourth-order valence-electron chi connectivity index (χ4n) is 2.40. The number of anilines is 1. The lowest BCUT2D eigenvalue weighted by Gasteiger charge is -2.12. The van der Waals surface area contributed by atoms with Crippen molar-refractivity contribution in [2.24, 2.45) is 5.92 Å². The fraction of sp³-hybridized carbons (Fsp3) is 0.375. The molecule has 1 aromatic carbocycles. The van der Waals surface area contributed by atoms with Crippen LogP contribution in [0.15, 0.2) is 24.4 Å². The number of fused-ring (bicyclic) bond motifs is 1. The molecule has 1 saturated carbocycles.